The van der Waals surface area contributed by atoms with Crippen LogP contribution in [-0.2, 0) is 14.0 Å². The molecule has 1 heterocycles. The number of hydrogen-bond donors (Lipinski definition) is 0. The van der Waals surface area contributed by atoms with Gasteiger partial charge in [0.25, 0.3) is 0 Å². The summed E-state index contributed by atoms with van der Waals surface area (Å²) in [7, 11) is 0.580. The van der Waals surface area contributed by atoms with Crippen molar-refractivity contribution in [3.8, 4) is 0 Å². The fraction of sp³-hybridized carbons (Fsp3) is 0.533. The predicted molar refractivity (Wildman–Crippen MR) is 78.2 cm³/mol. The van der Waals surface area contributed by atoms with Crippen molar-refractivity contribution >= 4 is 18.6 Å². The molecular weight excluding hydrogens is 274 g/mol. The molecule has 6 heteroatoms. The van der Waals surface area contributed by atoms with E-state index in [1.807, 2.05) is 27.7 Å². The van der Waals surface area contributed by atoms with E-state index in [4.69, 9.17) is 9.31 Å². The molecule has 0 amide bonds. The number of carbonyl (C=O) groups excluding carboxylic acids is 1. The van der Waals surface area contributed by atoms with E-state index in [-0.39, 0.29) is 5.56 Å². The third-order valence-electron chi connectivity index (χ3n) is 4.21. The molecule has 1 aromatic carbocycles. The molecule has 114 valence electrons. The van der Waals surface area contributed by atoms with Gasteiger partial charge in [0.2, 0.25) is 0 Å². The Morgan fingerprint density at radius 1 is 1.19 bits per heavy atom. The van der Waals surface area contributed by atoms with E-state index in [0.29, 0.717) is 11.0 Å². The lowest BCUT2D eigenvalue weighted by Gasteiger charge is -2.32. The highest BCUT2D eigenvalue weighted by molar-refractivity contribution is 6.62. The van der Waals surface area contributed by atoms with Gasteiger partial charge in [0.1, 0.15) is 5.82 Å². The van der Waals surface area contributed by atoms with E-state index in [1.165, 1.54) is 13.2 Å². The highest BCUT2D eigenvalue weighted by Crippen LogP contribution is 2.36. The Morgan fingerprint density at radius 2 is 1.71 bits per heavy atom. The van der Waals surface area contributed by atoms with Gasteiger partial charge in [0.15, 0.2) is 0 Å². The zero-order chi connectivity index (χ0) is 16.0. The molecule has 1 fully saturated rings. The second-order valence-corrected chi connectivity index (χ2v) is 6.28. The molecule has 0 atom stereocenters. The fourth-order valence-corrected chi connectivity index (χ4v) is 2.17. The number of carbonyl (C=O) groups is 1. The van der Waals surface area contributed by atoms with Crippen molar-refractivity contribution < 1.29 is 23.2 Å². The van der Waals surface area contributed by atoms with Crippen molar-refractivity contribution in [3.63, 3.8) is 0 Å². The van der Waals surface area contributed by atoms with Gasteiger partial charge in [0.05, 0.1) is 23.9 Å². The first-order valence-electron chi connectivity index (χ1n) is 6.83. The number of methoxy groups -OCH3 is 1. The average molecular weight is 294 g/mol. The number of esters is 1. The number of aryl methyl sites for hydroxylation is 1. The van der Waals surface area contributed by atoms with Crippen LogP contribution in [0.2, 0.25) is 0 Å². The van der Waals surface area contributed by atoms with Crippen LogP contribution in [0.4, 0.5) is 4.39 Å². The van der Waals surface area contributed by atoms with E-state index in [1.54, 1.807) is 13.0 Å². The molecule has 1 aliphatic heterocycles. The summed E-state index contributed by atoms with van der Waals surface area (Å²) in [6, 6.07) is 3.06. The van der Waals surface area contributed by atoms with E-state index in [0.717, 1.165) is 0 Å². The summed E-state index contributed by atoms with van der Waals surface area (Å²) in [4.78, 5) is 11.7. The summed E-state index contributed by atoms with van der Waals surface area (Å²) in [5, 5.41) is 0. The minimum absolute atomic E-state index is 0.109. The third-order valence-corrected chi connectivity index (χ3v) is 4.21. The first-order valence-corrected chi connectivity index (χ1v) is 6.83. The van der Waals surface area contributed by atoms with Crippen molar-refractivity contribution in [1.29, 1.82) is 0 Å². The molecule has 0 radical (unpaired) electrons. The van der Waals surface area contributed by atoms with Gasteiger partial charge < -0.3 is 14.0 Å². The summed E-state index contributed by atoms with van der Waals surface area (Å²) in [6.45, 7) is 9.33. The molecule has 0 saturated carbocycles. The lowest BCUT2D eigenvalue weighted by atomic mass is 9.77. The van der Waals surface area contributed by atoms with Crippen LogP contribution in [0, 0.1) is 12.7 Å². The standard InChI is InChI=1S/C15H20BFO4/c1-9-7-10(8-11(12(9)17)13(18)19-6)16-20-14(2,3)15(4,5)21-16/h7-8H,1-6H3. The monoisotopic (exact) mass is 294 g/mol. The summed E-state index contributed by atoms with van der Waals surface area (Å²) in [6.07, 6.45) is 0. The third kappa shape index (κ3) is 2.70. The fourth-order valence-electron chi connectivity index (χ4n) is 2.17. The SMILES string of the molecule is COC(=O)c1cc(B2OC(C)(C)C(C)(C)O2)cc(C)c1F. The highest BCUT2D eigenvalue weighted by atomic mass is 19.1. The Kier molecular flexibility index (Phi) is 3.89. The summed E-state index contributed by atoms with van der Waals surface area (Å²) < 4.78 is 30.5. The van der Waals surface area contributed by atoms with Crippen LogP contribution in [-0.4, -0.2) is 31.4 Å². The molecule has 1 aromatic rings. The van der Waals surface area contributed by atoms with E-state index in [2.05, 4.69) is 4.74 Å². The molecule has 4 nitrogen and oxygen atoms in total. The van der Waals surface area contributed by atoms with Crippen LogP contribution in [0.25, 0.3) is 0 Å². The molecule has 0 N–H and O–H groups in total. The van der Waals surface area contributed by atoms with Gasteiger partial charge in [-0.3, -0.25) is 0 Å². The van der Waals surface area contributed by atoms with Gasteiger partial charge in [-0.25, -0.2) is 9.18 Å². The molecule has 1 saturated heterocycles. The van der Waals surface area contributed by atoms with E-state index >= 15 is 0 Å². The van der Waals surface area contributed by atoms with Crippen LogP contribution >= 0.6 is 0 Å². The smallest absolute Gasteiger partial charge is 0.465 e. The summed E-state index contributed by atoms with van der Waals surface area (Å²) in [5.41, 5.74) is -0.144. The molecule has 0 aromatic heterocycles. The van der Waals surface area contributed by atoms with Gasteiger partial charge in [-0.15, -0.1) is 0 Å². The lowest BCUT2D eigenvalue weighted by Crippen LogP contribution is -2.41. The van der Waals surface area contributed by atoms with Crippen LogP contribution in [0.15, 0.2) is 12.1 Å². The van der Waals surface area contributed by atoms with Crippen LogP contribution in [0.5, 0.6) is 0 Å². The second kappa shape index (κ2) is 5.11. The maximum absolute atomic E-state index is 14.0. The molecule has 0 unspecified atom stereocenters. The Hall–Kier alpha value is -1.40. The summed E-state index contributed by atoms with van der Waals surface area (Å²) >= 11 is 0. The largest absolute Gasteiger partial charge is 0.494 e. The minimum Gasteiger partial charge on any atom is -0.465 e. The molecular formula is C15H20BFO4. The quantitative estimate of drug-likeness (QED) is 0.620. The highest BCUT2D eigenvalue weighted by Gasteiger charge is 2.51. The Labute approximate surface area is 124 Å². The Morgan fingerprint density at radius 3 is 2.19 bits per heavy atom. The predicted octanol–water partition coefficient (Wildman–Crippen LogP) is 2.22. The first-order chi connectivity index (χ1) is 9.59. The Balaban J connectivity index is 2.43. The normalized spacial score (nSPS) is 19.7. The van der Waals surface area contributed by atoms with Crippen LogP contribution in [0.1, 0.15) is 43.6 Å². The molecule has 1 aliphatic rings. The Bertz CT molecular complexity index is 567. The molecule has 21 heavy (non-hydrogen) atoms. The molecule has 2 rings (SSSR count). The first kappa shape index (κ1) is 16.0. The van der Waals surface area contributed by atoms with Crippen molar-refractivity contribution in [2.75, 3.05) is 7.11 Å². The summed E-state index contributed by atoms with van der Waals surface area (Å²) in [5.74, 6) is -1.30. The molecule has 0 aliphatic carbocycles. The van der Waals surface area contributed by atoms with Gasteiger partial charge >= 0.3 is 13.1 Å². The number of ether oxygens (including phenoxy) is 1. The second-order valence-electron chi connectivity index (χ2n) is 6.28. The number of benzene rings is 1. The zero-order valence-corrected chi connectivity index (χ0v) is 13.2. The van der Waals surface area contributed by atoms with Gasteiger partial charge in [0, 0.05) is 0 Å². The van der Waals surface area contributed by atoms with Crippen molar-refractivity contribution in [3.05, 3.63) is 29.1 Å². The molecule has 0 bridgehead atoms. The molecule has 0 spiro atoms. The van der Waals surface area contributed by atoms with E-state index in [9.17, 15) is 9.18 Å². The van der Waals surface area contributed by atoms with Crippen molar-refractivity contribution in [2.24, 2.45) is 0 Å². The lowest BCUT2D eigenvalue weighted by molar-refractivity contribution is 0.00578. The van der Waals surface area contributed by atoms with Crippen LogP contribution < -0.4 is 5.46 Å². The maximum atomic E-state index is 14.0. The zero-order valence-electron chi connectivity index (χ0n) is 13.2. The van der Waals surface area contributed by atoms with E-state index < -0.39 is 30.1 Å². The van der Waals surface area contributed by atoms with Gasteiger partial charge in [-0.1, -0.05) is 6.07 Å². The number of rotatable bonds is 2. The average Bonchev–Trinajstić information content (AvgIpc) is 2.60. The van der Waals surface area contributed by atoms with Gasteiger partial charge in [-0.2, -0.15) is 0 Å². The van der Waals surface area contributed by atoms with Crippen molar-refractivity contribution in [2.45, 2.75) is 45.8 Å². The minimum atomic E-state index is -0.714. The topological polar surface area (TPSA) is 44.8 Å². The number of halogens is 1. The number of hydrogen-bond acceptors (Lipinski definition) is 4. The maximum Gasteiger partial charge on any atom is 0.494 e. The van der Waals surface area contributed by atoms with Crippen LogP contribution in [0.3, 0.4) is 0 Å². The van der Waals surface area contributed by atoms with Crippen molar-refractivity contribution in [1.82, 2.24) is 0 Å². The van der Waals surface area contributed by atoms with Gasteiger partial charge in [-0.05, 0) is 51.7 Å².